The fourth-order valence-corrected chi connectivity index (χ4v) is 2.90. The Morgan fingerprint density at radius 3 is 2.75 bits per heavy atom. The van der Waals surface area contributed by atoms with Crippen molar-refractivity contribution in [1.82, 2.24) is 9.78 Å². The van der Waals surface area contributed by atoms with E-state index in [0.717, 1.165) is 19.1 Å². The van der Waals surface area contributed by atoms with Crippen molar-refractivity contribution in [2.75, 3.05) is 0 Å². The minimum absolute atomic E-state index is 0.0368. The van der Waals surface area contributed by atoms with Crippen LogP contribution in [0.2, 0.25) is 5.02 Å². The number of nitrogens with zero attached hydrogens (tertiary/aromatic N) is 2. The normalized spacial score (nSPS) is 15.7. The first-order valence-corrected chi connectivity index (χ1v) is 7.06. The van der Waals surface area contributed by atoms with Crippen LogP contribution in [0.3, 0.4) is 0 Å². The number of hydrogen-bond donors (Lipinski definition) is 0. The first-order chi connectivity index (χ1) is 9.69. The zero-order chi connectivity index (χ0) is 14.1. The van der Waals surface area contributed by atoms with E-state index in [1.807, 2.05) is 4.68 Å². The van der Waals surface area contributed by atoms with Gasteiger partial charge >= 0.3 is 0 Å². The molecule has 0 bridgehead atoms. The minimum atomic E-state index is -0.474. The largest absolute Gasteiger partial charge is 0.298 e. The van der Waals surface area contributed by atoms with Gasteiger partial charge < -0.3 is 0 Å². The van der Waals surface area contributed by atoms with Gasteiger partial charge in [0.2, 0.25) is 0 Å². The molecular formula is C15H14ClFN2O. The van der Waals surface area contributed by atoms with Gasteiger partial charge in [0, 0.05) is 11.8 Å². The molecule has 1 heterocycles. The van der Waals surface area contributed by atoms with Crippen molar-refractivity contribution in [3.05, 3.63) is 40.8 Å². The second-order valence-electron chi connectivity index (χ2n) is 5.10. The van der Waals surface area contributed by atoms with Crippen LogP contribution in [-0.4, -0.2) is 16.1 Å². The Bertz CT molecular complexity index is 647. The SMILES string of the molecule is O=Cc1cn(C2CCCC2)nc1-c1ccc(F)c(Cl)c1. The summed E-state index contributed by atoms with van der Waals surface area (Å²) in [6.07, 6.45) is 7.12. The molecule has 20 heavy (non-hydrogen) atoms. The van der Waals surface area contributed by atoms with Gasteiger partial charge in [0.25, 0.3) is 0 Å². The van der Waals surface area contributed by atoms with Crippen molar-refractivity contribution in [2.45, 2.75) is 31.7 Å². The Morgan fingerprint density at radius 2 is 2.10 bits per heavy atom. The average Bonchev–Trinajstić information content (AvgIpc) is 3.09. The topological polar surface area (TPSA) is 34.9 Å². The van der Waals surface area contributed by atoms with Crippen LogP contribution in [0.4, 0.5) is 4.39 Å². The van der Waals surface area contributed by atoms with E-state index in [9.17, 15) is 9.18 Å². The minimum Gasteiger partial charge on any atom is -0.298 e. The lowest BCUT2D eigenvalue weighted by Crippen LogP contribution is -2.04. The van der Waals surface area contributed by atoms with E-state index >= 15 is 0 Å². The third-order valence-corrected chi connectivity index (χ3v) is 4.07. The number of aromatic nitrogens is 2. The predicted octanol–water partition coefficient (Wildman–Crippen LogP) is 4.27. The maximum absolute atomic E-state index is 13.2. The van der Waals surface area contributed by atoms with Crippen molar-refractivity contribution in [3.63, 3.8) is 0 Å². The molecule has 2 aromatic rings. The van der Waals surface area contributed by atoms with Crippen molar-refractivity contribution < 1.29 is 9.18 Å². The van der Waals surface area contributed by atoms with E-state index in [0.29, 0.717) is 22.9 Å². The van der Waals surface area contributed by atoms with Crippen LogP contribution in [-0.2, 0) is 0 Å². The van der Waals surface area contributed by atoms with Gasteiger partial charge in [-0.05, 0) is 31.0 Å². The summed E-state index contributed by atoms with van der Waals surface area (Å²) in [5.41, 5.74) is 1.74. The molecule has 0 aliphatic heterocycles. The maximum atomic E-state index is 13.2. The van der Waals surface area contributed by atoms with E-state index in [4.69, 9.17) is 11.6 Å². The third-order valence-electron chi connectivity index (χ3n) is 3.78. The zero-order valence-electron chi connectivity index (χ0n) is 10.9. The molecule has 0 saturated heterocycles. The molecule has 0 unspecified atom stereocenters. The fourth-order valence-electron chi connectivity index (χ4n) is 2.72. The summed E-state index contributed by atoms with van der Waals surface area (Å²) in [7, 11) is 0. The van der Waals surface area contributed by atoms with Gasteiger partial charge in [-0.15, -0.1) is 0 Å². The maximum Gasteiger partial charge on any atom is 0.153 e. The molecule has 0 amide bonds. The molecule has 3 rings (SSSR count). The van der Waals surface area contributed by atoms with Crippen molar-refractivity contribution >= 4 is 17.9 Å². The molecular weight excluding hydrogens is 279 g/mol. The summed E-state index contributed by atoms with van der Waals surface area (Å²) < 4.78 is 15.1. The summed E-state index contributed by atoms with van der Waals surface area (Å²) >= 11 is 5.80. The second-order valence-corrected chi connectivity index (χ2v) is 5.51. The smallest absolute Gasteiger partial charge is 0.153 e. The van der Waals surface area contributed by atoms with E-state index in [2.05, 4.69) is 5.10 Å². The van der Waals surface area contributed by atoms with E-state index < -0.39 is 5.82 Å². The predicted molar refractivity (Wildman–Crippen MR) is 75.5 cm³/mol. The first kappa shape index (κ1) is 13.3. The highest BCUT2D eigenvalue weighted by atomic mass is 35.5. The number of aldehydes is 1. The molecule has 1 fully saturated rings. The van der Waals surface area contributed by atoms with Gasteiger partial charge in [0.05, 0.1) is 16.6 Å². The van der Waals surface area contributed by atoms with Crippen LogP contribution < -0.4 is 0 Å². The van der Waals surface area contributed by atoms with Gasteiger partial charge in [-0.1, -0.05) is 24.4 Å². The van der Waals surface area contributed by atoms with Crippen molar-refractivity contribution in [1.29, 1.82) is 0 Å². The highest BCUT2D eigenvalue weighted by molar-refractivity contribution is 6.31. The Hall–Kier alpha value is -1.68. The Kier molecular flexibility index (Phi) is 3.57. The monoisotopic (exact) mass is 292 g/mol. The van der Waals surface area contributed by atoms with E-state index in [1.165, 1.54) is 25.0 Å². The van der Waals surface area contributed by atoms with Crippen LogP contribution in [0.25, 0.3) is 11.3 Å². The fraction of sp³-hybridized carbons (Fsp3) is 0.333. The second kappa shape index (κ2) is 5.37. The molecule has 104 valence electrons. The molecule has 1 aliphatic rings. The van der Waals surface area contributed by atoms with Crippen LogP contribution in [0.5, 0.6) is 0 Å². The summed E-state index contributed by atoms with van der Waals surface area (Å²) in [6.45, 7) is 0. The number of carbonyl (C=O) groups is 1. The molecule has 5 heteroatoms. The quantitative estimate of drug-likeness (QED) is 0.792. The lowest BCUT2D eigenvalue weighted by molar-refractivity contribution is 0.112. The van der Waals surface area contributed by atoms with Crippen LogP contribution in [0.15, 0.2) is 24.4 Å². The van der Waals surface area contributed by atoms with Crippen molar-refractivity contribution in [3.8, 4) is 11.3 Å². The molecule has 0 spiro atoms. The molecule has 1 aromatic heterocycles. The van der Waals surface area contributed by atoms with Gasteiger partial charge in [0.15, 0.2) is 6.29 Å². The molecule has 0 radical (unpaired) electrons. The standard InChI is InChI=1S/C15H14ClFN2O/c16-13-7-10(5-6-14(13)17)15-11(9-20)8-19(18-15)12-3-1-2-4-12/h5-9,12H,1-4H2. The van der Waals surface area contributed by atoms with Crippen LogP contribution in [0.1, 0.15) is 42.1 Å². The van der Waals surface area contributed by atoms with Gasteiger partial charge in [0.1, 0.15) is 11.5 Å². The van der Waals surface area contributed by atoms with Gasteiger partial charge in [-0.3, -0.25) is 9.48 Å². The number of hydrogen-bond acceptors (Lipinski definition) is 2. The highest BCUT2D eigenvalue weighted by Gasteiger charge is 2.20. The number of carbonyl (C=O) groups excluding carboxylic acids is 1. The van der Waals surface area contributed by atoms with Crippen LogP contribution >= 0.6 is 11.6 Å². The lowest BCUT2D eigenvalue weighted by Gasteiger charge is -2.08. The van der Waals surface area contributed by atoms with E-state index in [1.54, 1.807) is 12.3 Å². The number of halogens is 2. The number of benzene rings is 1. The van der Waals surface area contributed by atoms with Gasteiger partial charge in [-0.25, -0.2) is 4.39 Å². The molecule has 0 atom stereocenters. The Morgan fingerprint density at radius 1 is 1.35 bits per heavy atom. The highest BCUT2D eigenvalue weighted by Crippen LogP contribution is 2.32. The average molecular weight is 293 g/mol. The zero-order valence-corrected chi connectivity index (χ0v) is 11.6. The van der Waals surface area contributed by atoms with Gasteiger partial charge in [-0.2, -0.15) is 5.10 Å². The van der Waals surface area contributed by atoms with Crippen LogP contribution in [0, 0.1) is 5.82 Å². The Labute approximate surface area is 121 Å². The summed E-state index contributed by atoms with van der Waals surface area (Å²) in [6, 6.07) is 4.75. The molecule has 1 saturated carbocycles. The number of rotatable bonds is 3. The summed E-state index contributed by atoms with van der Waals surface area (Å²) in [5.74, 6) is -0.474. The molecule has 1 aliphatic carbocycles. The molecule has 1 aromatic carbocycles. The molecule has 0 N–H and O–H groups in total. The summed E-state index contributed by atoms with van der Waals surface area (Å²) in [4.78, 5) is 11.2. The molecule has 3 nitrogen and oxygen atoms in total. The van der Waals surface area contributed by atoms with E-state index in [-0.39, 0.29) is 5.02 Å². The first-order valence-electron chi connectivity index (χ1n) is 6.69. The summed E-state index contributed by atoms with van der Waals surface area (Å²) in [5, 5.41) is 4.55. The Balaban J connectivity index is 2.03. The lowest BCUT2D eigenvalue weighted by atomic mass is 10.1. The third kappa shape index (κ3) is 2.36. The van der Waals surface area contributed by atoms with Crippen molar-refractivity contribution in [2.24, 2.45) is 0 Å².